The van der Waals surface area contributed by atoms with Crippen LogP contribution in [0.2, 0.25) is 0 Å². The molecule has 1 atom stereocenters. The van der Waals surface area contributed by atoms with E-state index in [4.69, 9.17) is 15.7 Å². The highest BCUT2D eigenvalue weighted by Gasteiger charge is 2.19. The largest absolute Gasteiger partial charge is 0.496 e. The van der Waals surface area contributed by atoms with Gasteiger partial charge in [-0.05, 0) is 37.6 Å². The number of nitrogens with two attached hydrogens (primary N) is 1. The molecule has 0 spiro atoms. The Hall–Kier alpha value is -1.79. The summed E-state index contributed by atoms with van der Waals surface area (Å²) in [7, 11) is 1.62. The SMILES string of the molecule is COc1ccc(/C(N)=N/O)cc1CN1CCCC(O)C1. The van der Waals surface area contributed by atoms with Gasteiger partial charge in [0.05, 0.1) is 13.2 Å². The first-order valence-corrected chi connectivity index (χ1v) is 6.69. The lowest BCUT2D eigenvalue weighted by Gasteiger charge is -2.30. The normalized spacial score (nSPS) is 20.9. The van der Waals surface area contributed by atoms with Gasteiger partial charge in [-0.1, -0.05) is 5.16 Å². The Morgan fingerprint density at radius 2 is 2.35 bits per heavy atom. The topological polar surface area (TPSA) is 91.3 Å². The lowest BCUT2D eigenvalue weighted by molar-refractivity contribution is 0.0664. The van der Waals surface area contributed by atoms with Crippen molar-refractivity contribution in [3.8, 4) is 5.75 Å². The average molecular weight is 279 g/mol. The van der Waals surface area contributed by atoms with Gasteiger partial charge in [-0.15, -0.1) is 0 Å². The molecule has 0 amide bonds. The molecule has 1 aliphatic heterocycles. The molecule has 1 saturated heterocycles. The number of rotatable bonds is 4. The zero-order chi connectivity index (χ0) is 14.5. The summed E-state index contributed by atoms with van der Waals surface area (Å²) in [5.41, 5.74) is 7.23. The van der Waals surface area contributed by atoms with E-state index in [1.165, 1.54) is 0 Å². The second kappa shape index (κ2) is 6.58. The Balaban J connectivity index is 2.19. The van der Waals surface area contributed by atoms with Crippen LogP contribution >= 0.6 is 0 Å². The molecular weight excluding hydrogens is 258 g/mol. The van der Waals surface area contributed by atoms with E-state index in [1.54, 1.807) is 13.2 Å². The van der Waals surface area contributed by atoms with E-state index in [2.05, 4.69) is 10.1 Å². The number of benzene rings is 1. The van der Waals surface area contributed by atoms with Gasteiger partial charge < -0.3 is 20.8 Å². The monoisotopic (exact) mass is 279 g/mol. The maximum absolute atomic E-state index is 9.72. The maximum Gasteiger partial charge on any atom is 0.170 e. The van der Waals surface area contributed by atoms with Crippen molar-refractivity contribution in [2.75, 3.05) is 20.2 Å². The Morgan fingerprint density at radius 1 is 1.55 bits per heavy atom. The number of amidine groups is 1. The molecule has 0 aliphatic carbocycles. The number of methoxy groups -OCH3 is 1. The molecule has 0 saturated carbocycles. The number of likely N-dealkylation sites (tertiary alicyclic amines) is 1. The fourth-order valence-electron chi connectivity index (χ4n) is 2.53. The molecule has 6 heteroatoms. The van der Waals surface area contributed by atoms with Crippen LogP contribution in [0, 0.1) is 0 Å². The van der Waals surface area contributed by atoms with Crippen LogP contribution < -0.4 is 10.5 Å². The lowest BCUT2D eigenvalue weighted by Crippen LogP contribution is -2.37. The number of nitrogens with zero attached hydrogens (tertiary/aromatic N) is 2. The predicted molar refractivity (Wildman–Crippen MR) is 76.0 cm³/mol. The Kier molecular flexibility index (Phi) is 4.81. The van der Waals surface area contributed by atoms with Crippen LogP contribution in [0.4, 0.5) is 0 Å². The minimum atomic E-state index is -0.262. The fourth-order valence-corrected chi connectivity index (χ4v) is 2.53. The molecule has 20 heavy (non-hydrogen) atoms. The molecule has 0 bridgehead atoms. The highest BCUT2D eigenvalue weighted by atomic mass is 16.5. The highest BCUT2D eigenvalue weighted by molar-refractivity contribution is 5.97. The van der Waals surface area contributed by atoms with Gasteiger partial charge in [0, 0.05) is 24.2 Å². The minimum Gasteiger partial charge on any atom is -0.496 e. The summed E-state index contributed by atoms with van der Waals surface area (Å²) in [6, 6.07) is 5.42. The van der Waals surface area contributed by atoms with Crippen molar-refractivity contribution in [1.29, 1.82) is 0 Å². The molecule has 1 heterocycles. The summed E-state index contributed by atoms with van der Waals surface area (Å²) < 4.78 is 5.35. The molecule has 1 aliphatic rings. The van der Waals surface area contributed by atoms with Gasteiger partial charge in [0.2, 0.25) is 0 Å². The second-order valence-corrected chi connectivity index (χ2v) is 5.04. The van der Waals surface area contributed by atoms with E-state index in [1.807, 2.05) is 12.1 Å². The van der Waals surface area contributed by atoms with Crippen LogP contribution in [0.15, 0.2) is 23.4 Å². The number of aliphatic hydroxyl groups is 1. The number of hydrogen-bond acceptors (Lipinski definition) is 5. The van der Waals surface area contributed by atoms with Crippen LogP contribution in [0.25, 0.3) is 0 Å². The Labute approximate surface area is 118 Å². The molecule has 1 fully saturated rings. The first kappa shape index (κ1) is 14.6. The molecule has 2 rings (SSSR count). The molecule has 0 aromatic heterocycles. The van der Waals surface area contributed by atoms with E-state index in [0.717, 1.165) is 30.7 Å². The summed E-state index contributed by atoms with van der Waals surface area (Å²) in [5, 5.41) is 21.5. The van der Waals surface area contributed by atoms with Crippen LogP contribution in [0.3, 0.4) is 0 Å². The molecular formula is C14H21N3O3. The zero-order valence-corrected chi connectivity index (χ0v) is 11.6. The van der Waals surface area contributed by atoms with Crippen molar-refractivity contribution in [2.45, 2.75) is 25.5 Å². The summed E-state index contributed by atoms with van der Waals surface area (Å²) in [6.45, 7) is 2.29. The number of piperidine rings is 1. The van der Waals surface area contributed by atoms with E-state index >= 15 is 0 Å². The second-order valence-electron chi connectivity index (χ2n) is 5.04. The lowest BCUT2D eigenvalue weighted by atomic mass is 10.0. The summed E-state index contributed by atoms with van der Waals surface area (Å²) in [6.07, 6.45) is 1.59. The van der Waals surface area contributed by atoms with Crippen molar-refractivity contribution < 1.29 is 15.1 Å². The third kappa shape index (κ3) is 3.40. The van der Waals surface area contributed by atoms with Gasteiger partial charge in [0.15, 0.2) is 5.84 Å². The van der Waals surface area contributed by atoms with E-state index < -0.39 is 0 Å². The summed E-state index contributed by atoms with van der Waals surface area (Å²) >= 11 is 0. The van der Waals surface area contributed by atoms with Gasteiger partial charge in [0.1, 0.15) is 5.75 Å². The minimum absolute atomic E-state index is 0.0765. The predicted octanol–water partition coefficient (Wildman–Crippen LogP) is 0.746. The molecule has 1 aromatic carbocycles. The zero-order valence-electron chi connectivity index (χ0n) is 11.6. The van der Waals surface area contributed by atoms with Crippen molar-refractivity contribution in [3.63, 3.8) is 0 Å². The quantitative estimate of drug-likeness (QED) is 0.327. The van der Waals surface area contributed by atoms with Crippen LogP contribution in [0.5, 0.6) is 5.75 Å². The number of oxime groups is 1. The Bertz CT molecular complexity index is 491. The van der Waals surface area contributed by atoms with Crippen molar-refractivity contribution >= 4 is 5.84 Å². The van der Waals surface area contributed by atoms with E-state index in [0.29, 0.717) is 18.7 Å². The average Bonchev–Trinajstić information content (AvgIpc) is 2.46. The number of ether oxygens (including phenoxy) is 1. The van der Waals surface area contributed by atoms with Gasteiger partial charge >= 0.3 is 0 Å². The van der Waals surface area contributed by atoms with Crippen LogP contribution in [0.1, 0.15) is 24.0 Å². The van der Waals surface area contributed by atoms with Gasteiger partial charge in [-0.2, -0.15) is 0 Å². The third-order valence-corrected chi connectivity index (χ3v) is 3.56. The maximum atomic E-state index is 9.72. The van der Waals surface area contributed by atoms with E-state index in [-0.39, 0.29) is 11.9 Å². The number of hydrogen-bond donors (Lipinski definition) is 3. The van der Waals surface area contributed by atoms with Gasteiger partial charge in [-0.25, -0.2) is 0 Å². The van der Waals surface area contributed by atoms with Crippen LogP contribution in [-0.4, -0.2) is 47.4 Å². The summed E-state index contributed by atoms with van der Waals surface area (Å²) in [4.78, 5) is 2.18. The van der Waals surface area contributed by atoms with Crippen molar-refractivity contribution in [1.82, 2.24) is 4.90 Å². The van der Waals surface area contributed by atoms with Crippen molar-refractivity contribution in [3.05, 3.63) is 29.3 Å². The highest BCUT2D eigenvalue weighted by Crippen LogP contribution is 2.23. The van der Waals surface area contributed by atoms with Gasteiger partial charge in [-0.3, -0.25) is 4.90 Å². The van der Waals surface area contributed by atoms with Crippen LogP contribution in [-0.2, 0) is 6.54 Å². The smallest absolute Gasteiger partial charge is 0.170 e. The molecule has 1 unspecified atom stereocenters. The fraction of sp³-hybridized carbons (Fsp3) is 0.500. The molecule has 110 valence electrons. The molecule has 6 nitrogen and oxygen atoms in total. The Morgan fingerprint density at radius 3 is 3.00 bits per heavy atom. The molecule has 0 radical (unpaired) electrons. The number of β-amino-alcohol motifs (C(OH)–C–C–N with tert-alkyl or cyclic N) is 1. The third-order valence-electron chi connectivity index (χ3n) is 3.56. The first-order valence-electron chi connectivity index (χ1n) is 6.69. The van der Waals surface area contributed by atoms with E-state index in [9.17, 15) is 5.11 Å². The standard InChI is InChI=1S/C14H21N3O3/c1-20-13-5-4-10(14(15)16-19)7-11(13)8-17-6-2-3-12(18)9-17/h4-5,7,12,18-19H,2-3,6,8-9H2,1H3,(H2,15,16). The first-order chi connectivity index (χ1) is 9.63. The van der Waals surface area contributed by atoms with Gasteiger partial charge in [0.25, 0.3) is 0 Å². The molecule has 1 aromatic rings. The molecule has 4 N–H and O–H groups in total. The van der Waals surface area contributed by atoms with Crippen molar-refractivity contribution in [2.24, 2.45) is 10.9 Å². The number of aliphatic hydroxyl groups excluding tert-OH is 1. The summed E-state index contributed by atoms with van der Waals surface area (Å²) in [5.74, 6) is 0.840.